The molecule has 0 aliphatic carbocycles. The normalized spacial score (nSPS) is 10.6. The van der Waals surface area contributed by atoms with E-state index in [1.165, 1.54) is 17.4 Å². The molecule has 5 heteroatoms. The molecule has 0 fully saturated rings. The van der Waals surface area contributed by atoms with Crippen molar-refractivity contribution in [1.82, 2.24) is 10.2 Å². The fourth-order valence-corrected chi connectivity index (χ4v) is 2.47. The van der Waals surface area contributed by atoms with Gasteiger partial charge in [-0.25, -0.2) is 4.39 Å². The first-order valence-corrected chi connectivity index (χ1v) is 6.50. The summed E-state index contributed by atoms with van der Waals surface area (Å²) in [6, 6.07) is 14.7. The van der Waals surface area contributed by atoms with Gasteiger partial charge in [-0.1, -0.05) is 47.7 Å². The van der Waals surface area contributed by atoms with Crippen molar-refractivity contribution < 1.29 is 4.39 Å². The number of rotatable bonds is 2. The highest BCUT2D eigenvalue weighted by molar-refractivity contribution is 7.18. The number of nitrogens with two attached hydrogens (primary N) is 1. The van der Waals surface area contributed by atoms with E-state index in [1.807, 2.05) is 30.3 Å². The van der Waals surface area contributed by atoms with E-state index >= 15 is 0 Å². The predicted octanol–water partition coefficient (Wildman–Crippen LogP) is 3.59. The van der Waals surface area contributed by atoms with Crippen LogP contribution in [0.1, 0.15) is 0 Å². The van der Waals surface area contributed by atoms with Crippen LogP contribution in [0.5, 0.6) is 0 Å². The Balaban J connectivity index is 2.11. The van der Waals surface area contributed by atoms with Crippen LogP contribution in [0.4, 0.5) is 9.52 Å². The molecular weight excluding hydrogens is 261 g/mol. The van der Waals surface area contributed by atoms with E-state index in [4.69, 9.17) is 5.73 Å². The molecule has 19 heavy (non-hydrogen) atoms. The Morgan fingerprint density at radius 3 is 2.42 bits per heavy atom. The number of hydrogen-bond donors (Lipinski definition) is 1. The highest BCUT2D eigenvalue weighted by Crippen LogP contribution is 2.31. The van der Waals surface area contributed by atoms with Gasteiger partial charge in [-0.3, -0.25) is 0 Å². The van der Waals surface area contributed by atoms with Crippen LogP contribution in [-0.4, -0.2) is 10.2 Å². The van der Waals surface area contributed by atoms with Crippen molar-refractivity contribution in [2.24, 2.45) is 0 Å². The molecule has 0 saturated heterocycles. The third kappa shape index (κ3) is 2.32. The minimum Gasteiger partial charge on any atom is -0.374 e. The number of hydrogen-bond acceptors (Lipinski definition) is 4. The Hall–Kier alpha value is -2.27. The van der Waals surface area contributed by atoms with Gasteiger partial charge < -0.3 is 5.73 Å². The van der Waals surface area contributed by atoms with Crippen molar-refractivity contribution in [3.8, 4) is 21.7 Å². The molecule has 0 bridgehead atoms. The first-order valence-electron chi connectivity index (χ1n) is 5.68. The standard InChI is InChI=1S/C14H10FN3S/c15-12-7-6-10(9-4-2-1-3-5-9)8-11(12)13-17-18-14(16)19-13/h1-8H,(H2,16,18). The first kappa shape index (κ1) is 11.8. The Kier molecular flexibility index (Phi) is 2.97. The maximum atomic E-state index is 13.9. The van der Waals surface area contributed by atoms with Gasteiger partial charge in [0.2, 0.25) is 5.13 Å². The lowest BCUT2D eigenvalue weighted by molar-refractivity contribution is 0.631. The van der Waals surface area contributed by atoms with Gasteiger partial charge in [0, 0.05) is 5.56 Å². The lowest BCUT2D eigenvalue weighted by Crippen LogP contribution is -1.86. The zero-order chi connectivity index (χ0) is 13.2. The summed E-state index contributed by atoms with van der Waals surface area (Å²) >= 11 is 1.17. The molecule has 2 aromatic carbocycles. The van der Waals surface area contributed by atoms with Crippen molar-refractivity contribution in [3.63, 3.8) is 0 Å². The second-order valence-corrected chi connectivity index (χ2v) is 5.02. The van der Waals surface area contributed by atoms with Crippen molar-refractivity contribution in [3.05, 3.63) is 54.3 Å². The quantitative estimate of drug-likeness (QED) is 0.775. The maximum absolute atomic E-state index is 13.9. The van der Waals surface area contributed by atoms with E-state index in [-0.39, 0.29) is 5.82 Å². The zero-order valence-electron chi connectivity index (χ0n) is 9.88. The van der Waals surface area contributed by atoms with Crippen LogP contribution in [0.3, 0.4) is 0 Å². The number of halogens is 1. The average Bonchev–Trinajstić information content (AvgIpc) is 2.87. The molecule has 0 radical (unpaired) electrons. The molecule has 0 aliphatic rings. The van der Waals surface area contributed by atoms with Gasteiger partial charge in [0.25, 0.3) is 0 Å². The van der Waals surface area contributed by atoms with Crippen molar-refractivity contribution in [2.75, 3.05) is 5.73 Å². The van der Waals surface area contributed by atoms with Crippen LogP contribution in [0.15, 0.2) is 48.5 Å². The van der Waals surface area contributed by atoms with E-state index in [1.54, 1.807) is 12.1 Å². The largest absolute Gasteiger partial charge is 0.374 e. The Labute approximate surface area is 113 Å². The van der Waals surface area contributed by atoms with Crippen LogP contribution in [0, 0.1) is 5.82 Å². The SMILES string of the molecule is Nc1nnc(-c2cc(-c3ccccc3)ccc2F)s1. The Morgan fingerprint density at radius 1 is 0.947 bits per heavy atom. The highest BCUT2D eigenvalue weighted by Gasteiger charge is 2.11. The maximum Gasteiger partial charge on any atom is 0.203 e. The summed E-state index contributed by atoms with van der Waals surface area (Å²) in [5.74, 6) is -0.323. The summed E-state index contributed by atoms with van der Waals surface area (Å²) in [6.45, 7) is 0. The smallest absolute Gasteiger partial charge is 0.203 e. The van der Waals surface area contributed by atoms with Crippen molar-refractivity contribution in [2.45, 2.75) is 0 Å². The van der Waals surface area contributed by atoms with Gasteiger partial charge in [0.05, 0.1) is 0 Å². The molecule has 3 aromatic rings. The highest BCUT2D eigenvalue weighted by atomic mass is 32.1. The number of anilines is 1. The monoisotopic (exact) mass is 271 g/mol. The Bertz CT molecular complexity index is 710. The summed E-state index contributed by atoms with van der Waals surface area (Å²) in [5, 5.41) is 8.43. The van der Waals surface area contributed by atoms with E-state index in [0.29, 0.717) is 15.7 Å². The minimum atomic E-state index is -0.323. The molecule has 1 aromatic heterocycles. The fraction of sp³-hybridized carbons (Fsp3) is 0. The number of aromatic nitrogens is 2. The molecule has 2 N–H and O–H groups in total. The topological polar surface area (TPSA) is 51.8 Å². The molecule has 0 saturated carbocycles. The first-order chi connectivity index (χ1) is 9.24. The second kappa shape index (κ2) is 4.78. The van der Waals surface area contributed by atoms with Gasteiger partial charge >= 0.3 is 0 Å². The summed E-state index contributed by atoms with van der Waals surface area (Å²) in [6.07, 6.45) is 0. The number of nitrogens with zero attached hydrogens (tertiary/aromatic N) is 2. The van der Waals surface area contributed by atoms with Gasteiger partial charge in [0.1, 0.15) is 5.82 Å². The molecule has 94 valence electrons. The molecule has 3 nitrogen and oxygen atoms in total. The van der Waals surface area contributed by atoms with Crippen LogP contribution < -0.4 is 5.73 Å². The van der Waals surface area contributed by atoms with Crippen LogP contribution in [-0.2, 0) is 0 Å². The van der Waals surface area contributed by atoms with Crippen LogP contribution in [0.25, 0.3) is 21.7 Å². The van der Waals surface area contributed by atoms with Crippen molar-refractivity contribution >= 4 is 16.5 Å². The minimum absolute atomic E-state index is 0.323. The molecule has 0 atom stereocenters. The molecule has 0 aliphatic heterocycles. The van der Waals surface area contributed by atoms with Crippen LogP contribution >= 0.6 is 11.3 Å². The predicted molar refractivity (Wildman–Crippen MR) is 75.2 cm³/mol. The second-order valence-electron chi connectivity index (χ2n) is 4.01. The lowest BCUT2D eigenvalue weighted by atomic mass is 10.0. The average molecular weight is 271 g/mol. The lowest BCUT2D eigenvalue weighted by Gasteiger charge is -2.04. The van der Waals surface area contributed by atoms with Crippen molar-refractivity contribution in [1.29, 1.82) is 0 Å². The number of nitrogen functional groups attached to an aromatic ring is 1. The summed E-state index contributed by atoms with van der Waals surface area (Å²) in [4.78, 5) is 0. The summed E-state index contributed by atoms with van der Waals surface area (Å²) < 4.78 is 13.9. The molecule has 3 rings (SSSR count). The van der Waals surface area contributed by atoms with E-state index in [0.717, 1.165) is 11.1 Å². The van der Waals surface area contributed by atoms with Gasteiger partial charge in [-0.05, 0) is 23.3 Å². The molecule has 1 heterocycles. The molecule has 0 amide bonds. The van der Waals surface area contributed by atoms with E-state index in [2.05, 4.69) is 10.2 Å². The molecule has 0 spiro atoms. The van der Waals surface area contributed by atoms with E-state index < -0.39 is 0 Å². The summed E-state index contributed by atoms with van der Waals surface area (Å²) in [5.41, 5.74) is 7.93. The summed E-state index contributed by atoms with van der Waals surface area (Å²) in [7, 11) is 0. The van der Waals surface area contributed by atoms with E-state index in [9.17, 15) is 4.39 Å². The number of benzene rings is 2. The Morgan fingerprint density at radius 2 is 1.74 bits per heavy atom. The van der Waals surface area contributed by atoms with Crippen LogP contribution in [0.2, 0.25) is 0 Å². The molecular formula is C14H10FN3S. The molecule has 0 unspecified atom stereocenters. The van der Waals surface area contributed by atoms with Gasteiger partial charge in [-0.15, -0.1) is 10.2 Å². The fourth-order valence-electron chi connectivity index (χ4n) is 1.84. The van der Waals surface area contributed by atoms with Gasteiger partial charge in [0.15, 0.2) is 5.01 Å². The third-order valence-electron chi connectivity index (χ3n) is 2.74. The zero-order valence-corrected chi connectivity index (χ0v) is 10.7. The third-order valence-corrected chi connectivity index (χ3v) is 3.53. The van der Waals surface area contributed by atoms with Gasteiger partial charge in [-0.2, -0.15) is 0 Å².